The van der Waals surface area contributed by atoms with E-state index in [1.54, 1.807) is 14.0 Å². The van der Waals surface area contributed by atoms with E-state index in [0.29, 0.717) is 6.61 Å². The van der Waals surface area contributed by atoms with Crippen LogP contribution in [0.2, 0.25) is 0 Å². The number of rotatable bonds is 7. The number of urea groups is 1. The lowest BCUT2D eigenvalue weighted by molar-refractivity contribution is -0.121. The SMILES string of the molecule is CCCC(COC)NC(C)C(=O)NC(N)=O. The van der Waals surface area contributed by atoms with Gasteiger partial charge in [-0.15, -0.1) is 0 Å². The predicted octanol–water partition coefficient (Wildman–Crippen LogP) is -0.0255. The van der Waals surface area contributed by atoms with Crippen LogP contribution in [0.25, 0.3) is 0 Å². The molecule has 0 aromatic carbocycles. The van der Waals surface area contributed by atoms with E-state index in [1.165, 1.54) is 0 Å². The number of carbonyl (C=O) groups is 2. The molecule has 0 spiro atoms. The molecule has 3 amide bonds. The number of amides is 3. The van der Waals surface area contributed by atoms with Gasteiger partial charge in [0.1, 0.15) is 0 Å². The number of hydrogen-bond acceptors (Lipinski definition) is 4. The summed E-state index contributed by atoms with van der Waals surface area (Å²) in [4.78, 5) is 21.9. The third-order valence-corrected chi connectivity index (χ3v) is 2.13. The molecule has 6 heteroatoms. The molecule has 0 heterocycles. The van der Waals surface area contributed by atoms with Crippen LogP contribution in [-0.4, -0.2) is 37.7 Å². The quantitative estimate of drug-likeness (QED) is 0.573. The monoisotopic (exact) mass is 231 g/mol. The summed E-state index contributed by atoms with van der Waals surface area (Å²) < 4.78 is 5.03. The lowest BCUT2D eigenvalue weighted by Gasteiger charge is -2.21. The Morgan fingerprint density at radius 1 is 1.44 bits per heavy atom. The van der Waals surface area contributed by atoms with Crippen LogP contribution in [-0.2, 0) is 9.53 Å². The van der Waals surface area contributed by atoms with E-state index in [-0.39, 0.29) is 6.04 Å². The summed E-state index contributed by atoms with van der Waals surface area (Å²) in [5.41, 5.74) is 4.86. The van der Waals surface area contributed by atoms with Gasteiger partial charge < -0.3 is 15.8 Å². The molecule has 94 valence electrons. The summed E-state index contributed by atoms with van der Waals surface area (Å²) in [6.45, 7) is 4.26. The van der Waals surface area contributed by atoms with Crippen molar-refractivity contribution in [2.45, 2.75) is 38.8 Å². The zero-order valence-corrected chi connectivity index (χ0v) is 10.1. The van der Waals surface area contributed by atoms with Crippen LogP contribution in [0.4, 0.5) is 4.79 Å². The van der Waals surface area contributed by atoms with Crippen molar-refractivity contribution in [3.63, 3.8) is 0 Å². The topological polar surface area (TPSA) is 93.4 Å². The van der Waals surface area contributed by atoms with Gasteiger partial charge >= 0.3 is 6.03 Å². The Morgan fingerprint density at radius 2 is 2.06 bits per heavy atom. The van der Waals surface area contributed by atoms with Crippen molar-refractivity contribution in [1.29, 1.82) is 0 Å². The number of nitrogens with two attached hydrogens (primary N) is 1. The highest BCUT2D eigenvalue weighted by Crippen LogP contribution is 1.99. The maximum Gasteiger partial charge on any atom is 0.318 e. The number of methoxy groups -OCH3 is 1. The Labute approximate surface area is 95.9 Å². The standard InChI is InChI=1S/C10H21N3O3/c1-4-5-8(6-16-3)12-7(2)9(14)13-10(11)15/h7-8,12H,4-6H2,1-3H3,(H3,11,13,14,15). The second kappa shape index (κ2) is 8.06. The Morgan fingerprint density at radius 3 is 2.50 bits per heavy atom. The van der Waals surface area contributed by atoms with Gasteiger partial charge in [-0.3, -0.25) is 10.1 Å². The van der Waals surface area contributed by atoms with Crippen LogP contribution < -0.4 is 16.4 Å². The number of nitrogens with one attached hydrogen (secondary N) is 2. The maximum absolute atomic E-state index is 11.4. The van der Waals surface area contributed by atoms with Crippen LogP contribution in [0, 0.1) is 0 Å². The summed E-state index contributed by atoms with van der Waals surface area (Å²) in [5.74, 6) is -0.426. The average Bonchev–Trinajstić information content (AvgIpc) is 2.17. The van der Waals surface area contributed by atoms with E-state index in [9.17, 15) is 9.59 Å². The normalized spacial score (nSPS) is 14.2. The number of hydrogen-bond donors (Lipinski definition) is 3. The molecule has 0 aliphatic carbocycles. The Hall–Kier alpha value is -1.14. The molecule has 4 N–H and O–H groups in total. The lowest BCUT2D eigenvalue weighted by atomic mass is 10.1. The molecule has 16 heavy (non-hydrogen) atoms. The Kier molecular flexibility index (Phi) is 7.49. The summed E-state index contributed by atoms with van der Waals surface area (Å²) in [5, 5.41) is 5.11. The third-order valence-electron chi connectivity index (χ3n) is 2.13. The van der Waals surface area contributed by atoms with Crippen molar-refractivity contribution < 1.29 is 14.3 Å². The molecule has 6 nitrogen and oxygen atoms in total. The second-order valence-electron chi connectivity index (χ2n) is 3.68. The van der Waals surface area contributed by atoms with Crippen molar-refractivity contribution in [3.8, 4) is 0 Å². The van der Waals surface area contributed by atoms with Gasteiger partial charge in [0.05, 0.1) is 12.6 Å². The fourth-order valence-electron chi connectivity index (χ4n) is 1.42. The number of primary amides is 1. The van der Waals surface area contributed by atoms with Crippen LogP contribution in [0.5, 0.6) is 0 Å². The molecule has 0 aromatic heterocycles. The molecule has 0 bridgehead atoms. The molecule has 0 aliphatic heterocycles. The molecular formula is C10H21N3O3. The molecule has 0 radical (unpaired) electrons. The second-order valence-corrected chi connectivity index (χ2v) is 3.68. The van der Waals surface area contributed by atoms with Gasteiger partial charge in [-0.25, -0.2) is 4.79 Å². The van der Waals surface area contributed by atoms with E-state index in [2.05, 4.69) is 12.2 Å². The summed E-state index contributed by atoms with van der Waals surface area (Å²) in [6, 6.07) is -1.21. The van der Waals surface area contributed by atoms with Gasteiger partial charge in [-0.1, -0.05) is 13.3 Å². The molecule has 0 aliphatic rings. The van der Waals surface area contributed by atoms with E-state index in [4.69, 9.17) is 10.5 Å². The highest BCUT2D eigenvalue weighted by molar-refractivity contribution is 5.96. The van der Waals surface area contributed by atoms with Gasteiger partial charge in [0.25, 0.3) is 0 Å². The van der Waals surface area contributed by atoms with Crippen LogP contribution in [0.3, 0.4) is 0 Å². The van der Waals surface area contributed by atoms with E-state index < -0.39 is 18.0 Å². The van der Waals surface area contributed by atoms with Gasteiger partial charge in [0, 0.05) is 13.2 Å². The summed E-state index contributed by atoms with van der Waals surface area (Å²) in [7, 11) is 1.61. The first-order valence-corrected chi connectivity index (χ1v) is 5.36. The average molecular weight is 231 g/mol. The first-order valence-electron chi connectivity index (χ1n) is 5.36. The first-order chi connectivity index (χ1) is 7.51. The minimum absolute atomic E-state index is 0.101. The highest BCUT2D eigenvalue weighted by atomic mass is 16.5. The van der Waals surface area contributed by atoms with Crippen molar-refractivity contribution in [1.82, 2.24) is 10.6 Å². The molecule has 0 saturated heterocycles. The van der Waals surface area contributed by atoms with Gasteiger partial charge in [-0.2, -0.15) is 0 Å². The molecule has 0 fully saturated rings. The fraction of sp³-hybridized carbons (Fsp3) is 0.800. The largest absolute Gasteiger partial charge is 0.383 e. The molecule has 2 unspecified atom stereocenters. The van der Waals surface area contributed by atoms with Crippen molar-refractivity contribution >= 4 is 11.9 Å². The molecule has 0 saturated carbocycles. The first kappa shape index (κ1) is 14.9. The van der Waals surface area contributed by atoms with E-state index in [1.807, 2.05) is 5.32 Å². The van der Waals surface area contributed by atoms with Crippen LogP contribution >= 0.6 is 0 Å². The van der Waals surface area contributed by atoms with Crippen molar-refractivity contribution in [2.75, 3.05) is 13.7 Å². The Bertz CT molecular complexity index is 227. The van der Waals surface area contributed by atoms with Crippen LogP contribution in [0.15, 0.2) is 0 Å². The highest BCUT2D eigenvalue weighted by Gasteiger charge is 2.18. The summed E-state index contributed by atoms with van der Waals surface area (Å²) >= 11 is 0. The smallest absolute Gasteiger partial charge is 0.318 e. The molecule has 0 aromatic rings. The maximum atomic E-state index is 11.4. The summed E-state index contributed by atoms with van der Waals surface area (Å²) in [6.07, 6.45) is 1.90. The number of carbonyl (C=O) groups excluding carboxylic acids is 2. The minimum Gasteiger partial charge on any atom is -0.383 e. The van der Waals surface area contributed by atoms with Crippen molar-refractivity contribution in [2.24, 2.45) is 5.73 Å². The predicted molar refractivity (Wildman–Crippen MR) is 60.9 cm³/mol. The van der Waals surface area contributed by atoms with Crippen LogP contribution in [0.1, 0.15) is 26.7 Å². The molecule has 0 rings (SSSR count). The molecular weight excluding hydrogens is 210 g/mol. The lowest BCUT2D eigenvalue weighted by Crippen LogP contribution is -2.50. The van der Waals surface area contributed by atoms with E-state index in [0.717, 1.165) is 12.8 Å². The van der Waals surface area contributed by atoms with Gasteiger partial charge in [0.2, 0.25) is 5.91 Å². The number of imide groups is 1. The van der Waals surface area contributed by atoms with Gasteiger partial charge in [0.15, 0.2) is 0 Å². The zero-order valence-electron chi connectivity index (χ0n) is 10.1. The Balaban J connectivity index is 4.10. The van der Waals surface area contributed by atoms with Gasteiger partial charge in [-0.05, 0) is 13.3 Å². The fourth-order valence-corrected chi connectivity index (χ4v) is 1.42. The zero-order chi connectivity index (χ0) is 12.6. The minimum atomic E-state index is -0.836. The third kappa shape index (κ3) is 6.36. The number of ether oxygens (including phenoxy) is 1. The molecule has 2 atom stereocenters. The van der Waals surface area contributed by atoms with Crippen molar-refractivity contribution in [3.05, 3.63) is 0 Å². The van der Waals surface area contributed by atoms with E-state index >= 15 is 0 Å².